The Morgan fingerprint density at radius 3 is 2.61 bits per heavy atom. The molecule has 0 aromatic heterocycles. The third kappa shape index (κ3) is 7.89. The Hall–Kier alpha value is -1.30. The number of methoxy groups -OCH3 is 1. The molecule has 0 radical (unpaired) electrons. The van der Waals surface area contributed by atoms with Gasteiger partial charge in [-0.2, -0.15) is 0 Å². The molecular formula is C12H25N3O3. The smallest absolute Gasteiger partial charge is 0.222 e. The highest BCUT2D eigenvalue weighted by molar-refractivity contribution is 5.81. The second-order valence-electron chi connectivity index (χ2n) is 4.17. The summed E-state index contributed by atoms with van der Waals surface area (Å²) in [5, 5.41) is 11.4. The Morgan fingerprint density at radius 1 is 1.33 bits per heavy atom. The van der Waals surface area contributed by atoms with Crippen molar-refractivity contribution in [1.29, 1.82) is 0 Å². The minimum atomic E-state index is 0.103. The van der Waals surface area contributed by atoms with Crippen molar-refractivity contribution in [1.82, 2.24) is 4.90 Å². The zero-order valence-electron chi connectivity index (χ0n) is 11.4. The fourth-order valence-corrected chi connectivity index (χ4v) is 1.55. The monoisotopic (exact) mass is 259 g/mol. The second kappa shape index (κ2) is 10.8. The van der Waals surface area contributed by atoms with Gasteiger partial charge in [0.2, 0.25) is 5.91 Å². The lowest BCUT2D eigenvalue weighted by Gasteiger charge is -2.22. The van der Waals surface area contributed by atoms with Crippen LogP contribution in [-0.2, 0) is 9.53 Å². The number of carbonyl (C=O) groups is 1. The highest BCUT2D eigenvalue weighted by atomic mass is 16.5. The van der Waals surface area contributed by atoms with Crippen LogP contribution in [-0.4, -0.2) is 48.7 Å². The first-order valence-electron chi connectivity index (χ1n) is 6.38. The minimum absolute atomic E-state index is 0.103. The minimum Gasteiger partial charge on any atom is -0.409 e. The maximum atomic E-state index is 12.0. The average molecular weight is 259 g/mol. The SMILES string of the molecule is CCCCCC(=O)N(CCOC)CCC(N)=NO. The van der Waals surface area contributed by atoms with Crippen molar-refractivity contribution in [3.8, 4) is 0 Å². The first-order chi connectivity index (χ1) is 8.65. The van der Waals surface area contributed by atoms with Crippen molar-refractivity contribution in [2.24, 2.45) is 10.9 Å². The maximum Gasteiger partial charge on any atom is 0.222 e. The number of unbranched alkanes of at least 4 members (excludes halogenated alkanes) is 2. The normalized spacial score (nSPS) is 11.6. The molecule has 0 aliphatic carbocycles. The Morgan fingerprint density at radius 2 is 2.06 bits per heavy atom. The molecular weight excluding hydrogens is 234 g/mol. The van der Waals surface area contributed by atoms with Gasteiger partial charge in [0.1, 0.15) is 5.84 Å². The van der Waals surface area contributed by atoms with Gasteiger partial charge in [0, 0.05) is 33.0 Å². The summed E-state index contributed by atoms with van der Waals surface area (Å²) < 4.78 is 4.98. The van der Waals surface area contributed by atoms with E-state index in [0.717, 1.165) is 19.3 Å². The Kier molecular flexibility index (Phi) is 10.0. The summed E-state index contributed by atoms with van der Waals surface area (Å²) in [7, 11) is 1.60. The number of oxime groups is 1. The summed E-state index contributed by atoms with van der Waals surface area (Å²) >= 11 is 0. The van der Waals surface area contributed by atoms with E-state index in [2.05, 4.69) is 12.1 Å². The van der Waals surface area contributed by atoms with E-state index in [-0.39, 0.29) is 11.7 Å². The molecule has 106 valence electrons. The van der Waals surface area contributed by atoms with Crippen LogP contribution >= 0.6 is 0 Å². The molecule has 0 unspecified atom stereocenters. The van der Waals surface area contributed by atoms with E-state index >= 15 is 0 Å². The number of hydrogen-bond acceptors (Lipinski definition) is 4. The predicted molar refractivity (Wildman–Crippen MR) is 70.6 cm³/mol. The first kappa shape index (κ1) is 16.7. The van der Waals surface area contributed by atoms with E-state index < -0.39 is 0 Å². The summed E-state index contributed by atoms with van der Waals surface area (Å²) in [5.74, 6) is 0.241. The number of amidine groups is 1. The number of rotatable bonds is 10. The Balaban J connectivity index is 4.14. The fourth-order valence-electron chi connectivity index (χ4n) is 1.55. The number of carbonyl (C=O) groups excluding carboxylic acids is 1. The van der Waals surface area contributed by atoms with Gasteiger partial charge < -0.3 is 20.6 Å². The molecule has 3 N–H and O–H groups in total. The number of hydrogen-bond donors (Lipinski definition) is 2. The van der Waals surface area contributed by atoms with E-state index in [4.69, 9.17) is 15.7 Å². The fraction of sp³-hybridized carbons (Fsp3) is 0.833. The molecule has 0 saturated carbocycles. The average Bonchev–Trinajstić information content (AvgIpc) is 2.38. The molecule has 0 rings (SSSR count). The highest BCUT2D eigenvalue weighted by Gasteiger charge is 2.13. The molecule has 0 heterocycles. The van der Waals surface area contributed by atoms with E-state index in [9.17, 15) is 4.79 Å². The van der Waals surface area contributed by atoms with Gasteiger partial charge in [0.15, 0.2) is 0 Å². The van der Waals surface area contributed by atoms with E-state index in [1.165, 1.54) is 0 Å². The molecule has 0 spiro atoms. The lowest BCUT2D eigenvalue weighted by atomic mass is 10.2. The van der Waals surface area contributed by atoms with Crippen LogP contribution in [0.4, 0.5) is 0 Å². The van der Waals surface area contributed by atoms with Gasteiger partial charge in [-0.05, 0) is 6.42 Å². The molecule has 0 saturated heterocycles. The van der Waals surface area contributed by atoms with Gasteiger partial charge >= 0.3 is 0 Å². The zero-order chi connectivity index (χ0) is 13.8. The second-order valence-corrected chi connectivity index (χ2v) is 4.17. The molecule has 6 nitrogen and oxygen atoms in total. The maximum absolute atomic E-state index is 12.0. The van der Waals surface area contributed by atoms with Crippen molar-refractivity contribution in [3.05, 3.63) is 0 Å². The first-order valence-corrected chi connectivity index (χ1v) is 6.38. The number of amides is 1. The lowest BCUT2D eigenvalue weighted by Crippen LogP contribution is -2.36. The van der Waals surface area contributed by atoms with Crippen LogP contribution in [0.25, 0.3) is 0 Å². The summed E-state index contributed by atoms with van der Waals surface area (Å²) in [6, 6.07) is 0. The third-order valence-corrected chi connectivity index (χ3v) is 2.68. The predicted octanol–water partition coefficient (Wildman–Crippen LogP) is 1.18. The van der Waals surface area contributed by atoms with E-state index in [0.29, 0.717) is 32.5 Å². The molecule has 6 heteroatoms. The van der Waals surface area contributed by atoms with Gasteiger partial charge in [0.25, 0.3) is 0 Å². The van der Waals surface area contributed by atoms with Crippen LogP contribution in [0.5, 0.6) is 0 Å². The van der Waals surface area contributed by atoms with E-state index in [1.807, 2.05) is 0 Å². The van der Waals surface area contributed by atoms with E-state index in [1.54, 1.807) is 12.0 Å². The van der Waals surface area contributed by atoms with Gasteiger partial charge in [-0.3, -0.25) is 4.79 Å². The van der Waals surface area contributed by atoms with Crippen LogP contribution in [0.1, 0.15) is 39.0 Å². The highest BCUT2D eigenvalue weighted by Crippen LogP contribution is 2.04. The molecule has 18 heavy (non-hydrogen) atoms. The van der Waals surface area contributed by atoms with Gasteiger partial charge in [0.05, 0.1) is 6.61 Å². The van der Waals surface area contributed by atoms with Crippen LogP contribution in [0.2, 0.25) is 0 Å². The molecule has 0 fully saturated rings. The molecule has 0 bridgehead atoms. The molecule has 0 aliphatic rings. The standard InChI is InChI=1S/C12H25N3O3/c1-3-4-5-6-12(16)15(9-10-18-2)8-7-11(13)14-17/h17H,3-10H2,1-2H3,(H2,13,14). The van der Waals surface area contributed by atoms with Crippen molar-refractivity contribution in [2.75, 3.05) is 26.8 Å². The third-order valence-electron chi connectivity index (χ3n) is 2.68. The van der Waals surface area contributed by atoms with Crippen molar-refractivity contribution in [3.63, 3.8) is 0 Å². The van der Waals surface area contributed by atoms with Crippen LogP contribution < -0.4 is 5.73 Å². The number of nitrogens with zero attached hydrogens (tertiary/aromatic N) is 2. The van der Waals surface area contributed by atoms with Gasteiger partial charge in [-0.15, -0.1) is 0 Å². The number of nitrogens with two attached hydrogens (primary N) is 1. The van der Waals surface area contributed by atoms with Crippen molar-refractivity contribution in [2.45, 2.75) is 39.0 Å². The van der Waals surface area contributed by atoms with Gasteiger partial charge in [-0.1, -0.05) is 24.9 Å². The molecule has 0 aromatic rings. The van der Waals surface area contributed by atoms with Crippen LogP contribution in [0.3, 0.4) is 0 Å². The van der Waals surface area contributed by atoms with Crippen LogP contribution in [0.15, 0.2) is 5.16 Å². The molecule has 0 aliphatic heterocycles. The summed E-state index contributed by atoms with van der Waals surface area (Å²) in [4.78, 5) is 13.7. The molecule has 1 amide bonds. The van der Waals surface area contributed by atoms with Crippen LogP contribution in [0, 0.1) is 0 Å². The molecule has 0 atom stereocenters. The Bertz CT molecular complexity index is 257. The van der Waals surface area contributed by atoms with Crippen molar-refractivity contribution < 1.29 is 14.7 Å². The Labute approximate surface area is 109 Å². The quantitative estimate of drug-likeness (QED) is 0.203. The van der Waals surface area contributed by atoms with Crippen molar-refractivity contribution >= 4 is 11.7 Å². The zero-order valence-corrected chi connectivity index (χ0v) is 11.4. The lowest BCUT2D eigenvalue weighted by molar-refractivity contribution is -0.131. The summed E-state index contributed by atoms with van der Waals surface area (Å²) in [5.41, 5.74) is 5.40. The molecule has 0 aromatic carbocycles. The summed E-state index contributed by atoms with van der Waals surface area (Å²) in [6.07, 6.45) is 3.98. The topological polar surface area (TPSA) is 88.2 Å². The van der Waals surface area contributed by atoms with Gasteiger partial charge in [-0.25, -0.2) is 0 Å². The summed E-state index contributed by atoms with van der Waals surface area (Å²) in [6.45, 7) is 3.60. The largest absolute Gasteiger partial charge is 0.409 e. The number of ether oxygens (including phenoxy) is 1.